The number of hydrogen-bond donors (Lipinski definition) is 0. The quantitative estimate of drug-likeness (QED) is 0.475. The van der Waals surface area contributed by atoms with Gasteiger partial charge in [-0.15, -0.1) is 0 Å². The van der Waals surface area contributed by atoms with Gasteiger partial charge in [-0.1, -0.05) is 20.4 Å². The summed E-state index contributed by atoms with van der Waals surface area (Å²) in [7, 11) is 0. The monoisotopic (exact) mass is 170 g/mol. The van der Waals surface area contributed by atoms with Crippen molar-refractivity contribution in [1.82, 2.24) is 0 Å². The van der Waals surface area contributed by atoms with Crippen LogP contribution in [0.15, 0.2) is 12.3 Å². The molecule has 1 rings (SSSR count). The molecule has 1 atom stereocenters. The molecule has 3 heteroatoms. The first-order chi connectivity index (χ1) is 5.59. The molecule has 0 aromatic rings. The molecule has 0 bridgehead atoms. The van der Waals surface area contributed by atoms with Gasteiger partial charge in [0.25, 0.3) is 0 Å². The summed E-state index contributed by atoms with van der Waals surface area (Å²) < 4.78 is 10.1. The van der Waals surface area contributed by atoms with Crippen molar-refractivity contribution in [2.45, 2.75) is 26.4 Å². The molecule has 1 heterocycles. The summed E-state index contributed by atoms with van der Waals surface area (Å²) in [5.41, 5.74) is 0. The van der Waals surface area contributed by atoms with Gasteiger partial charge in [0.2, 0.25) is 0 Å². The predicted octanol–water partition coefficient (Wildman–Crippen LogP) is 1.49. The van der Waals surface area contributed by atoms with Crippen LogP contribution in [0, 0.1) is 5.92 Å². The summed E-state index contributed by atoms with van der Waals surface area (Å²) in [5, 5.41) is 0. The SMILES string of the molecule is C=C(OC1COC(=O)C1)C(C)C. The fourth-order valence-electron chi connectivity index (χ4n) is 0.915. The Bertz CT molecular complexity index is 196. The number of carbonyl (C=O) groups is 1. The lowest BCUT2D eigenvalue weighted by Crippen LogP contribution is -2.13. The Morgan fingerprint density at radius 3 is 2.83 bits per heavy atom. The standard InChI is InChI=1S/C9H14O3/c1-6(2)7(3)12-8-4-9(10)11-5-8/h6,8H,3-5H2,1-2H3. The molecule has 68 valence electrons. The molecule has 1 aliphatic heterocycles. The smallest absolute Gasteiger partial charge is 0.309 e. The number of carbonyl (C=O) groups excluding carboxylic acids is 1. The van der Waals surface area contributed by atoms with E-state index in [-0.39, 0.29) is 12.1 Å². The fraction of sp³-hybridized carbons (Fsp3) is 0.667. The zero-order chi connectivity index (χ0) is 9.14. The van der Waals surface area contributed by atoms with Crippen molar-refractivity contribution in [3.8, 4) is 0 Å². The van der Waals surface area contributed by atoms with Crippen LogP contribution in [-0.2, 0) is 14.3 Å². The average Bonchev–Trinajstić information content (AvgIpc) is 2.35. The van der Waals surface area contributed by atoms with Crippen LogP contribution in [0.25, 0.3) is 0 Å². The minimum atomic E-state index is -0.184. The number of esters is 1. The van der Waals surface area contributed by atoms with E-state index in [2.05, 4.69) is 6.58 Å². The van der Waals surface area contributed by atoms with Crippen molar-refractivity contribution in [2.75, 3.05) is 6.61 Å². The highest BCUT2D eigenvalue weighted by Gasteiger charge is 2.25. The van der Waals surface area contributed by atoms with E-state index < -0.39 is 0 Å². The number of cyclic esters (lactones) is 1. The zero-order valence-electron chi connectivity index (χ0n) is 7.50. The molecule has 0 aliphatic carbocycles. The molecule has 12 heavy (non-hydrogen) atoms. The van der Waals surface area contributed by atoms with Gasteiger partial charge in [-0.05, 0) is 0 Å². The van der Waals surface area contributed by atoms with E-state index in [9.17, 15) is 4.79 Å². The van der Waals surface area contributed by atoms with Gasteiger partial charge in [-0.2, -0.15) is 0 Å². The van der Waals surface area contributed by atoms with E-state index in [0.717, 1.165) is 5.76 Å². The van der Waals surface area contributed by atoms with Gasteiger partial charge in [0, 0.05) is 5.92 Å². The number of rotatable bonds is 3. The predicted molar refractivity (Wildman–Crippen MR) is 44.4 cm³/mol. The van der Waals surface area contributed by atoms with E-state index in [1.54, 1.807) is 0 Å². The highest BCUT2D eigenvalue weighted by molar-refractivity contribution is 5.71. The molecule has 0 saturated carbocycles. The van der Waals surface area contributed by atoms with E-state index in [1.165, 1.54) is 0 Å². The van der Waals surface area contributed by atoms with Gasteiger partial charge in [-0.25, -0.2) is 0 Å². The van der Waals surface area contributed by atoms with Crippen LogP contribution in [0.3, 0.4) is 0 Å². The van der Waals surface area contributed by atoms with Crippen LogP contribution < -0.4 is 0 Å². The third-order valence-electron chi connectivity index (χ3n) is 1.79. The van der Waals surface area contributed by atoms with E-state index >= 15 is 0 Å². The third-order valence-corrected chi connectivity index (χ3v) is 1.79. The maximum Gasteiger partial charge on any atom is 0.309 e. The second-order valence-corrected chi connectivity index (χ2v) is 3.25. The summed E-state index contributed by atoms with van der Waals surface area (Å²) in [5.74, 6) is 0.829. The van der Waals surface area contributed by atoms with Gasteiger partial charge in [-0.3, -0.25) is 4.79 Å². The third kappa shape index (κ3) is 2.26. The maximum absolute atomic E-state index is 10.7. The van der Waals surface area contributed by atoms with E-state index in [1.807, 2.05) is 13.8 Å². The molecule has 0 spiro atoms. The van der Waals surface area contributed by atoms with E-state index in [4.69, 9.17) is 9.47 Å². The largest absolute Gasteiger partial charge is 0.491 e. The van der Waals surface area contributed by atoms with Crippen LogP contribution in [-0.4, -0.2) is 18.7 Å². The van der Waals surface area contributed by atoms with Crippen molar-refractivity contribution in [3.05, 3.63) is 12.3 Å². The van der Waals surface area contributed by atoms with Crippen LogP contribution in [0.4, 0.5) is 0 Å². The minimum Gasteiger partial charge on any atom is -0.491 e. The Morgan fingerprint density at radius 1 is 1.75 bits per heavy atom. The lowest BCUT2D eigenvalue weighted by Gasteiger charge is -2.15. The number of hydrogen-bond acceptors (Lipinski definition) is 3. The molecule has 1 saturated heterocycles. The Balaban J connectivity index is 2.32. The molecule has 1 aliphatic rings. The van der Waals surface area contributed by atoms with Crippen LogP contribution in [0.1, 0.15) is 20.3 Å². The lowest BCUT2D eigenvalue weighted by molar-refractivity contribution is -0.137. The molecule has 0 radical (unpaired) electrons. The first kappa shape index (κ1) is 9.10. The Labute approximate surface area is 72.4 Å². The molecule has 1 unspecified atom stereocenters. The second-order valence-electron chi connectivity index (χ2n) is 3.25. The summed E-state index contributed by atoms with van der Waals surface area (Å²) in [6.07, 6.45) is 0.235. The molecule has 0 N–H and O–H groups in total. The molecule has 3 nitrogen and oxygen atoms in total. The van der Waals surface area contributed by atoms with Gasteiger partial charge in [0.15, 0.2) is 0 Å². The van der Waals surface area contributed by atoms with Crippen LogP contribution in [0.2, 0.25) is 0 Å². The van der Waals surface area contributed by atoms with Gasteiger partial charge < -0.3 is 9.47 Å². The Kier molecular flexibility index (Phi) is 2.74. The molecule has 0 aromatic carbocycles. The normalized spacial score (nSPS) is 22.6. The molecular weight excluding hydrogens is 156 g/mol. The topological polar surface area (TPSA) is 35.5 Å². The first-order valence-electron chi connectivity index (χ1n) is 4.10. The number of allylic oxidation sites excluding steroid dienone is 1. The minimum absolute atomic E-state index is 0.118. The summed E-state index contributed by atoms with van der Waals surface area (Å²) in [6.45, 7) is 8.12. The lowest BCUT2D eigenvalue weighted by atomic mass is 10.2. The highest BCUT2D eigenvalue weighted by Crippen LogP contribution is 2.17. The highest BCUT2D eigenvalue weighted by atomic mass is 16.6. The fourth-order valence-corrected chi connectivity index (χ4v) is 0.915. The summed E-state index contributed by atoms with van der Waals surface area (Å²) in [6, 6.07) is 0. The van der Waals surface area contributed by atoms with Crippen LogP contribution in [0.5, 0.6) is 0 Å². The van der Waals surface area contributed by atoms with Crippen molar-refractivity contribution in [2.24, 2.45) is 5.92 Å². The Morgan fingerprint density at radius 2 is 2.42 bits per heavy atom. The molecule has 0 aromatic heterocycles. The summed E-state index contributed by atoms with van der Waals surface area (Å²) in [4.78, 5) is 10.7. The van der Waals surface area contributed by atoms with Gasteiger partial charge in [0.1, 0.15) is 12.7 Å². The van der Waals surface area contributed by atoms with Gasteiger partial charge >= 0.3 is 5.97 Å². The van der Waals surface area contributed by atoms with Gasteiger partial charge in [0.05, 0.1) is 12.2 Å². The second kappa shape index (κ2) is 3.61. The first-order valence-corrected chi connectivity index (χ1v) is 4.10. The van der Waals surface area contributed by atoms with Crippen molar-refractivity contribution in [1.29, 1.82) is 0 Å². The van der Waals surface area contributed by atoms with Crippen molar-refractivity contribution < 1.29 is 14.3 Å². The van der Waals surface area contributed by atoms with Crippen LogP contribution >= 0.6 is 0 Å². The molecule has 1 fully saturated rings. The van der Waals surface area contributed by atoms with Crippen molar-refractivity contribution >= 4 is 5.97 Å². The Hall–Kier alpha value is -0.990. The maximum atomic E-state index is 10.7. The average molecular weight is 170 g/mol. The van der Waals surface area contributed by atoms with Crippen molar-refractivity contribution in [3.63, 3.8) is 0 Å². The summed E-state index contributed by atoms with van der Waals surface area (Å²) >= 11 is 0. The van der Waals surface area contributed by atoms with E-state index in [0.29, 0.717) is 18.9 Å². The number of ether oxygens (including phenoxy) is 2. The molecular formula is C9H14O3. The zero-order valence-corrected chi connectivity index (χ0v) is 7.50. The molecule has 0 amide bonds.